The average molecular weight is 266 g/mol. The lowest BCUT2D eigenvalue weighted by Gasteiger charge is -2.18. The molecule has 0 aliphatic carbocycles. The molecular formula is C13H18N2O2S. The van der Waals surface area contributed by atoms with Gasteiger partial charge in [0.25, 0.3) is 0 Å². The van der Waals surface area contributed by atoms with Crippen LogP contribution in [-0.2, 0) is 10.0 Å². The van der Waals surface area contributed by atoms with Crippen molar-refractivity contribution in [3.63, 3.8) is 0 Å². The molecule has 18 heavy (non-hydrogen) atoms. The minimum atomic E-state index is -3.32. The lowest BCUT2D eigenvalue weighted by atomic mass is 9.94. The molecule has 0 atom stereocenters. The van der Waals surface area contributed by atoms with Gasteiger partial charge in [0.1, 0.15) is 0 Å². The Balaban J connectivity index is 2.68. The van der Waals surface area contributed by atoms with Crippen molar-refractivity contribution in [2.24, 2.45) is 5.41 Å². The molecule has 5 heteroatoms. The van der Waals surface area contributed by atoms with Crippen molar-refractivity contribution < 1.29 is 8.42 Å². The lowest BCUT2D eigenvalue weighted by Crippen LogP contribution is -2.20. The fraction of sp³-hybridized carbons (Fsp3) is 0.462. The van der Waals surface area contributed by atoms with Gasteiger partial charge in [-0.05, 0) is 36.1 Å². The summed E-state index contributed by atoms with van der Waals surface area (Å²) in [4.78, 5) is 0. The molecule has 4 nitrogen and oxygen atoms in total. The van der Waals surface area contributed by atoms with Crippen molar-refractivity contribution in [3.8, 4) is 6.07 Å². The Labute approximate surface area is 109 Å². The van der Waals surface area contributed by atoms with E-state index in [0.29, 0.717) is 17.7 Å². The van der Waals surface area contributed by atoms with Gasteiger partial charge in [0, 0.05) is 5.69 Å². The van der Waals surface area contributed by atoms with E-state index < -0.39 is 10.0 Å². The number of nitrogens with one attached hydrogen (secondary N) is 1. The molecule has 0 radical (unpaired) electrons. The normalized spacial score (nSPS) is 11.9. The zero-order valence-electron chi connectivity index (χ0n) is 10.9. The smallest absolute Gasteiger partial charge is 0.232 e. The zero-order valence-corrected chi connectivity index (χ0v) is 11.7. The summed E-state index contributed by atoms with van der Waals surface area (Å²) in [6.07, 6.45) is 0.596. The molecule has 0 bridgehead atoms. The maximum atomic E-state index is 11.8. The number of hydrogen-bond donors (Lipinski definition) is 1. The van der Waals surface area contributed by atoms with E-state index in [1.54, 1.807) is 24.3 Å². The Morgan fingerprint density at radius 3 is 2.22 bits per heavy atom. The molecule has 0 saturated heterocycles. The highest BCUT2D eigenvalue weighted by molar-refractivity contribution is 7.92. The number of nitrogens with zero attached hydrogens (tertiary/aromatic N) is 1. The summed E-state index contributed by atoms with van der Waals surface area (Å²) in [5.41, 5.74) is 0.981. The van der Waals surface area contributed by atoms with Crippen LogP contribution in [0.4, 0.5) is 5.69 Å². The Morgan fingerprint density at radius 2 is 1.78 bits per heavy atom. The molecule has 0 unspecified atom stereocenters. The first kappa shape index (κ1) is 14.5. The second kappa shape index (κ2) is 5.40. The van der Waals surface area contributed by atoms with Crippen LogP contribution in [-0.4, -0.2) is 14.2 Å². The number of sulfonamides is 1. The van der Waals surface area contributed by atoms with Crippen LogP contribution in [0.25, 0.3) is 0 Å². The van der Waals surface area contributed by atoms with Crippen LogP contribution in [0, 0.1) is 16.7 Å². The molecule has 0 aromatic heterocycles. The van der Waals surface area contributed by atoms with Gasteiger partial charge in [-0.2, -0.15) is 5.26 Å². The topological polar surface area (TPSA) is 70.0 Å². The molecule has 0 spiro atoms. The van der Waals surface area contributed by atoms with E-state index in [9.17, 15) is 8.42 Å². The summed E-state index contributed by atoms with van der Waals surface area (Å²) in [6, 6.07) is 8.34. The molecule has 98 valence electrons. The fourth-order valence-corrected chi connectivity index (χ4v) is 2.76. The van der Waals surface area contributed by atoms with E-state index in [2.05, 4.69) is 4.72 Å². The third-order valence-corrected chi connectivity index (χ3v) is 3.70. The monoisotopic (exact) mass is 266 g/mol. The fourth-order valence-electron chi connectivity index (χ4n) is 1.28. The number of hydrogen-bond acceptors (Lipinski definition) is 3. The molecule has 0 aliphatic rings. The van der Waals surface area contributed by atoms with Crippen LogP contribution in [0.15, 0.2) is 24.3 Å². The van der Waals surface area contributed by atoms with Gasteiger partial charge in [-0.3, -0.25) is 4.72 Å². The first-order valence-electron chi connectivity index (χ1n) is 5.72. The summed E-state index contributed by atoms with van der Waals surface area (Å²) < 4.78 is 26.2. The summed E-state index contributed by atoms with van der Waals surface area (Å²) >= 11 is 0. The number of nitriles is 1. The third-order valence-electron chi connectivity index (χ3n) is 2.41. The highest BCUT2D eigenvalue weighted by atomic mass is 32.2. The van der Waals surface area contributed by atoms with Crippen LogP contribution in [0.5, 0.6) is 0 Å². The van der Waals surface area contributed by atoms with Crippen molar-refractivity contribution in [1.82, 2.24) is 0 Å². The Hall–Kier alpha value is -1.54. The summed E-state index contributed by atoms with van der Waals surface area (Å²) in [5, 5.41) is 8.65. The molecule has 0 aliphatic heterocycles. The van der Waals surface area contributed by atoms with Crippen LogP contribution in [0.2, 0.25) is 0 Å². The van der Waals surface area contributed by atoms with Crippen molar-refractivity contribution in [3.05, 3.63) is 29.8 Å². The molecule has 0 fully saturated rings. The van der Waals surface area contributed by atoms with Gasteiger partial charge in [-0.15, -0.1) is 0 Å². The molecule has 0 saturated carbocycles. The van der Waals surface area contributed by atoms with Crippen LogP contribution < -0.4 is 4.72 Å². The summed E-state index contributed by atoms with van der Waals surface area (Å²) in [5.74, 6) is 0.0938. The number of benzene rings is 1. The Morgan fingerprint density at radius 1 is 1.22 bits per heavy atom. The largest absolute Gasteiger partial charge is 0.284 e. The van der Waals surface area contributed by atoms with Gasteiger partial charge in [0.2, 0.25) is 10.0 Å². The van der Waals surface area contributed by atoms with Crippen molar-refractivity contribution in [1.29, 1.82) is 5.26 Å². The minimum Gasteiger partial charge on any atom is -0.284 e. The first-order valence-corrected chi connectivity index (χ1v) is 7.38. The molecule has 1 aromatic carbocycles. The molecular weight excluding hydrogens is 248 g/mol. The minimum absolute atomic E-state index is 0.0145. The van der Waals surface area contributed by atoms with Crippen molar-refractivity contribution in [2.75, 3.05) is 10.5 Å². The van der Waals surface area contributed by atoms with Crippen LogP contribution in [0.3, 0.4) is 0 Å². The number of anilines is 1. The SMILES string of the molecule is CC(C)(C)CCS(=O)(=O)Nc1ccc(C#N)cc1. The van der Waals surface area contributed by atoms with Crippen molar-refractivity contribution in [2.45, 2.75) is 27.2 Å². The predicted molar refractivity (Wildman–Crippen MR) is 72.6 cm³/mol. The van der Waals surface area contributed by atoms with E-state index in [0.717, 1.165) is 0 Å². The van der Waals surface area contributed by atoms with Gasteiger partial charge in [0.05, 0.1) is 17.4 Å². The van der Waals surface area contributed by atoms with Crippen LogP contribution >= 0.6 is 0 Å². The maximum Gasteiger partial charge on any atom is 0.232 e. The van der Waals surface area contributed by atoms with Gasteiger partial charge < -0.3 is 0 Å². The molecule has 1 N–H and O–H groups in total. The predicted octanol–water partition coefficient (Wildman–Crippen LogP) is 2.74. The maximum absolute atomic E-state index is 11.8. The first-order chi connectivity index (χ1) is 8.22. The Bertz CT molecular complexity index is 534. The second-order valence-corrected chi connectivity index (χ2v) is 7.26. The quantitative estimate of drug-likeness (QED) is 0.911. The van der Waals surface area contributed by atoms with Gasteiger partial charge in [-0.1, -0.05) is 20.8 Å². The highest BCUT2D eigenvalue weighted by Crippen LogP contribution is 2.20. The summed E-state index contributed by atoms with van der Waals surface area (Å²) in [7, 11) is -3.32. The second-order valence-electron chi connectivity index (χ2n) is 5.42. The molecule has 1 aromatic rings. The van der Waals surface area contributed by atoms with E-state index in [1.807, 2.05) is 26.8 Å². The molecule has 0 amide bonds. The number of rotatable bonds is 4. The third kappa shape index (κ3) is 5.19. The standard InChI is InChI=1S/C13H18N2O2S/c1-13(2,3)8-9-18(16,17)15-12-6-4-11(10-14)5-7-12/h4-7,15H,8-9H2,1-3H3. The van der Waals surface area contributed by atoms with E-state index in [-0.39, 0.29) is 11.2 Å². The van der Waals surface area contributed by atoms with Gasteiger partial charge in [-0.25, -0.2) is 8.42 Å². The van der Waals surface area contributed by atoms with Gasteiger partial charge >= 0.3 is 0 Å². The van der Waals surface area contributed by atoms with Crippen LogP contribution in [0.1, 0.15) is 32.8 Å². The molecule has 0 heterocycles. The zero-order chi connectivity index (χ0) is 13.8. The van der Waals surface area contributed by atoms with Gasteiger partial charge in [0.15, 0.2) is 0 Å². The highest BCUT2D eigenvalue weighted by Gasteiger charge is 2.17. The summed E-state index contributed by atoms with van der Waals surface area (Å²) in [6.45, 7) is 6.01. The lowest BCUT2D eigenvalue weighted by molar-refractivity contribution is 0.397. The van der Waals surface area contributed by atoms with E-state index in [1.165, 1.54) is 0 Å². The Kier molecular flexibility index (Phi) is 4.36. The average Bonchev–Trinajstić information content (AvgIpc) is 2.26. The van der Waals surface area contributed by atoms with E-state index >= 15 is 0 Å². The molecule has 1 rings (SSSR count). The van der Waals surface area contributed by atoms with Crippen molar-refractivity contribution >= 4 is 15.7 Å². The van der Waals surface area contributed by atoms with E-state index in [4.69, 9.17) is 5.26 Å².